The van der Waals surface area contributed by atoms with Gasteiger partial charge in [-0.25, -0.2) is 0 Å². The molecule has 0 saturated heterocycles. The zero-order valence-corrected chi connectivity index (χ0v) is 4.52. The molecule has 0 bridgehead atoms. The monoisotopic (exact) mass is 195 g/mol. The first-order valence-electron chi connectivity index (χ1n) is 0.359. The van der Waals surface area contributed by atoms with Gasteiger partial charge in [0.05, 0.1) is 0 Å². The zero-order valence-electron chi connectivity index (χ0n) is 1.45. The van der Waals surface area contributed by atoms with Crippen molar-refractivity contribution in [3.63, 3.8) is 0 Å². The maximum atomic E-state index is 10.6. The molecule has 0 radical (unpaired) electrons. The molecule has 0 fully saturated rings. The van der Waals surface area contributed by atoms with Crippen molar-refractivity contribution in [3.05, 3.63) is 0 Å². The van der Waals surface area contributed by atoms with Crippen LogP contribution in [0.3, 0.4) is 0 Å². The molecular weight excluding hydrogens is 196 g/mol. The Kier molecular flexibility index (Phi) is 3.12. The molecule has 0 aliphatic rings. The summed E-state index contributed by atoms with van der Waals surface area (Å²) in [6.45, 7) is 0. The number of hydrogen-bond donors (Lipinski definition) is 0. The van der Waals surface area contributed by atoms with E-state index in [1.54, 1.807) is 0 Å². The third kappa shape index (κ3) is 10.9. The van der Waals surface area contributed by atoms with Gasteiger partial charge in [0.15, 0.2) is 0 Å². The van der Waals surface area contributed by atoms with Gasteiger partial charge in [-0.3, -0.25) is 0 Å². The topological polar surface area (TPSA) is 0 Å². The molecule has 0 amide bonds. The van der Waals surface area contributed by atoms with E-state index >= 15 is 0 Å². The second-order valence-electron chi connectivity index (χ2n) is 0.136. The quantitative estimate of drug-likeness (QED) is 0.518. The van der Waals surface area contributed by atoms with Crippen LogP contribution in [0, 0.1) is 0 Å². The summed E-state index contributed by atoms with van der Waals surface area (Å²) in [4.78, 5) is 0. The minimum atomic E-state index is -2.54. The third-order valence-electron chi connectivity index (χ3n) is 0. The summed E-state index contributed by atoms with van der Waals surface area (Å²) in [6, 6.07) is 0. The van der Waals surface area contributed by atoms with E-state index in [0.29, 0.717) is 0 Å². The van der Waals surface area contributed by atoms with Crippen molar-refractivity contribution in [1.82, 2.24) is 0 Å². The molecule has 0 rings (SSSR count). The molecule has 0 atom stereocenters. The summed E-state index contributed by atoms with van der Waals surface area (Å²) >= 11 is -2.54. The van der Waals surface area contributed by atoms with Crippen LogP contribution in [-0.2, 0) is 15.2 Å². The van der Waals surface area contributed by atoms with Crippen LogP contribution in [0.15, 0.2) is 0 Å². The Hall–Kier alpha value is 1.17. The van der Waals surface area contributed by atoms with Crippen LogP contribution in [0.2, 0.25) is 0 Å². The minimum absolute atomic E-state index is 2.54. The Bertz CT molecular complexity index is 10.8. The summed E-state index contributed by atoms with van der Waals surface area (Å²) in [5.41, 5.74) is 0. The molecule has 0 spiro atoms. The summed E-state index contributed by atoms with van der Waals surface area (Å²) in [5, 5.41) is 0. The standard InChI is InChI=1S/2ClH.FH.Pd/h3*1H;/q;;;+3/p-3. The average Bonchev–Trinajstić information content (AvgIpc) is 0.811. The molecule has 31 valence electrons. The van der Waals surface area contributed by atoms with Gasteiger partial charge in [-0.15, -0.1) is 0 Å². The van der Waals surface area contributed by atoms with Crippen molar-refractivity contribution in [2.75, 3.05) is 0 Å². The van der Waals surface area contributed by atoms with E-state index in [1.165, 1.54) is 0 Å². The first-order chi connectivity index (χ1) is 1.73. The SMILES string of the molecule is [F][Pd]([Cl])[Cl]. The second-order valence-corrected chi connectivity index (χ2v) is 4.01. The predicted octanol–water partition coefficient (Wildman–Crippen LogP) is 1.80. The van der Waals surface area contributed by atoms with Crippen molar-refractivity contribution in [2.45, 2.75) is 0 Å². The summed E-state index contributed by atoms with van der Waals surface area (Å²) < 4.78 is 10.6. The fourth-order valence-corrected chi connectivity index (χ4v) is 0. The Morgan fingerprint density at radius 2 is 1.50 bits per heavy atom. The Labute approximate surface area is 37.8 Å². The van der Waals surface area contributed by atoms with Crippen molar-refractivity contribution >= 4 is 19.1 Å². The second kappa shape index (κ2) is 2.41. The average molecular weight is 196 g/mol. The Morgan fingerprint density at radius 1 is 1.50 bits per heavy atom. The first-order valence-corrected chi connectivity index (χ1v) is 4.95. The van der Waals surface area contributed by atoms with E-state index in [2.05, 4.69) is 19.1 Å². The molecule has 0 nitrogen and oxygen atoms in total. The number of halogens is 3. The van der Waals surface area contributed by atoms with Gasteiger partial charge in [0.2, 0.25) is 0 Å². The molecular formula is Cl2FPd. The molecule has 0 N–H and O–H groups in total. The van der Waals surface area contributed by atoms with Gasteiger partial charge in [-0.05, 0) is 0 Å². The van der Waals surface area contributed by atoms with Gasteiger partial charge in [-0.2, -0.15) is 0 Å². The van der Waals surface area contributed by atoms with Crippen LogP contribution in [0.25, 0.3) is 0 Å². The van der Waals surface area contributed by atoms with Crippen LogP contribution >= 0.6 is 19.1 Å². The molecule has 0 aliphatic heterocycles. The fourth-order valence-electron chi connectivity index (χ4n) is 0. The normalized spacial score (nSPS) is 11.2. The van der Waals surface area contributed by atoms with Crippen LogP contribution < -0.4 is 0 Å². The maximum absolute atomic E-state index is 10.6. The molecule has 0 unspecified atom stereocenters. The van der Waals surface area contributed by atoms with E-state index in [0.717, 1.165) is 0 Å². The van der Waals surface area contributed by atoms with Crippen LogP contribution in [0.4, 0.5) is 3.22 Å². The molecule has 4 heavy (non-hydrogen) atoms. The fraction of sp³-hybridized carbons (Fsp3) is 0. The van der Waals surface area contributed by atoms with Crippen molar-refractivity contribution in [2.24, 2.45) is 0 Å². The van der Waals surface area contributed by atoms with Gasteiger partial charge >= 0.3 is 37.5 Å². The van der Waals surface area contributed by atoms with Crippen molar-refractivity contribution < 1.29 is 18.5 Å². The van der Waals surface area contributed by atoms with Crippen LogP contribution in [-0.4, -0.2) is 0 Å². The van der Waals surface area contributed by atoms with Gasteiger partial charge in [-0.1, -0.05) is 0 Å². The summed E-state index contributed by atoms with van der Waals surface area (Å²) in [5.74, 6) is 0. The molecule has 0 aromatic heterocycles. The molecule has 0 aromatic rings. The van der Waals surface area contributed by atoms with E-state index in [4.69, 9.17) is 0 Å². The van der Waals surface area contributed by atoms with Gasteiger partial charge in [0.25, 0.3) is 0 Å². The van der Waals surface area contributed by atoms with E-state index in [1.807, 2.05) is 0 Å². The molecule has 4 heteroatoms. The zero-order chi connectivity index (χ0) is 3.58. The van der Waals surface area contributed by atoms with E-state index < -0.39 is 15.2 Å². The number of hydrogen-bond acceptors (Lipinski definition) is 0. The number of rotatable bonds is 0. The van der Waals surface area contributed by atoms with Crippen LogP contribution in [0.5, 0.6) is 0 Å². The van der Waals surface area contributed by atoms with E-state index in [-0.39, 0.29) is 0 Å². The van der Waals surface area contributed by atoms with Crippen molar-refractivity contribution in [3.8, 4) is 0 Å². The third-order valence-corrected chi connectivity index (χ3v) is 0. The van der Waals surface area contributed by atoms with E-state index in [9.17, 15) is 3.22 Å². The van der Waals surface area contributed by atoms with Gasteiger partial charge < -0.3 is 0 Å². The predicted molar refractivity (Wildman–Crippen MR) is 12.8 cm³/mol. The molecule has 0 heterocycles. The molecule has 0 aromatic carbocycles. The molecule has 0 saturated carbocycles. The first kappa shape index (κ1) is 5.17. The Morgan fingerprint density at radius 3 is 1.50 bits per heavy atom. The van der Waals surface area contributed by atoms with Gasteiger partial charge in [0, 0.05) is 0 Å². The molecule has 0 aliphatic carbocycles. The van der Waals surface area contributed by atoms with Crippen LogP contribution in [0.1, 0.15) is 0 Å². The van der Waals surface area contributed by atoms with Gasteiger partial charge in [0.1, 0.15) is 0 Å². The Balaban J connectivity index is 2.32. The van der Waals surface area contributed by atoms with Crippen molar-refractivity contribution in [1.29, 1.82) is 0 Å². The summed E-state index contributed by atoms with van der Waals surface area (Å²) in [7, 11) is 8.98. The summed E-state index contributed by atoms with van der Waals surface area (Å²) in [6.07, 6.45) is 0.